The molecule has 0 bridgehead atoms. The van der Waals surface area contributed by atoms with Gasteiger partial charge >= 0.3 is 0 Å². The van der Waals surface area contributed by atoms with E-state index in [1.807, 2.05) is 67.5 Å². The molecule has 4 nitrogen and oxygen atoms in total. The molecule has 0 atom stereocenters. The summed E-state index contributed by atoms with van der Waals surface area (Å²) in [5.74, 6) is 0.901. The van der Waals surface area contributed by atoms with Gasteiger partial charge < -0.3 is 10.0 Å². The zero-order chi connectivity index (χ0) is 15.5. The maximum absolute atomic E-state index is 9.44. The number of phenolic OH excluding ortho intramolecular Hbond substituents is 1. The number of nitrogens with zero attached hydrogens (tertiary/aromatic N) is 3. The smallest absolute Gasteiger partial charge is 0.225 e. The number of aromatic hydroxyl groups is 1. The van der Waals surface area contributed by atoms with E-state index in [1.54, 1.807) is 12.1 Å². The maximum Gasteiger partial charge on any atom is 0.225 e. The molecule has 3 aromatic rings. The lowest BCUT2D eigenvalue weighted by atomic mass is 10.1. The van der Waals surface area contributed by atoms with Gasteiger partial charge in [0.1, 0.15) is 5.75 Å². The maximum atomic E-state index is 9.44. The zero-order valence-corrected chi connectivity index (χ0v) is 13.8. The largest absolute Gasteiger partial charge is 0.508 e. The van der Waals surface area contributed by atoms with Gasteiger partial charge in [-0.3, -0.25) is 0 Å². The van der Waals surface area contributed by atoms with Crippen LogP contribution in [0.15, 0.2) is 60.7 Å². The first-order valence-electron chi connectivity index (χ1n) is 7.05. The minimum Gasteiger partial charge on any atom is -0.508 e. The van der Waals surface area contributed by atoms with Crippen molar-refractivity contribution in [2.24, 2.45) is 0 Å². The van der Waals surface area contributed by atoms with Gasteiger partial charge in [-0.05, 0) is 30.3 Å². The molecule has 0 saturated heterocycles. The molecular weight excluding hydrogens is 310 g/mol. The average Bonchev–Trinajstić information content (AvgIpc) is 2.56. The quantitative estimate of drug-likeness (QED) is 0.789. The molecule has 0 aliphatic rings. The van der Waals surface area contributed by atoms with Crippen LogP contribution in [-0.4, -0.2) is 29.2 Å². The van der Waals surface area contributed by atoms with E-state index in [4.69, 9.17) is 0 Å². The van der Waals surface area contributed by atoms with Gasteiger partial charge in [0.25, 0.3) is 0 Å². The van der Waals surface area contributed by atoms with Crippen molar-refractivity contribution >= 4 is 18.4 Å². The highest BCUT2D eigenvalue weighted by atomic mass is 35.5. The van der Waals surface area contributed by atoms with Crippen molar-refractivity contribution < 1.29 is 5.11 Å². The number of hydrogen-bond acceptors (Lipinski definition) is 4. The summed E-state index contributed by atoms with van der Waals surface area (Å²) in [6.07, 6.45) is 0. The molecule has 0 spiro atoms. The van der Waals surface area contributed by atoms with Gasteiger partial charge in [0, 0.05) is 25.2 Å². The molecule has 0 saturated carbocycles. The van der Waals surface area contributed by atoms with Crippen LogP contribution in [0.1, 0.15) is 0 Å². The topological polar surface area (TPSA) is 49.2 Å². The molecule has 1 heterocycles. The molecule has 0 fully saturated rings. The van der Waals surface area contributed by atoms with Crippen molar-refractivity contribution in [3.8, 4) is 28.3 Å². The Labute approximate surface area is 141 Å². The van der Waals surface area contributed by atoms with E-state index in [1.165, 1.54) is 0 Å². The van der Waals surface area contributed by atoms with Crippen molar-refractivity contribution in [1.29, 1.82) is 0 Å². The van der Waals surface area contributed by atoms with E-state index in [9.17, 15) is 5.11 Å². The van der Waals surface area contributed by atoms with Crippen LogP contribution in [-0.2, 0) is 0 Å². The molecule has 0 aliphatic carbocycles. The molecule has 2 aromatic carbocycles. The molecule has 23 heavy (non-hydrogen) atoms. The molecular formula is C18H18ClN3O. The summed E-state index contributed by atoms with van der Waals surface area (Å²) in [6.45, 7) is 0. The highest BCUT2D eigenvalue weighted by Crippen LogP contribution is 2.26. The third kappa shape index (κ3) is 3.79. The van der Waals surface area contributed by atoms with Crippen molar-refractivity contribution in [3.05, 3.63) is 60.7 Å². The molecule has 118 valence electrons. The second-order valence-corrected chi connectivity index (χ2v) is 5.25. The normalized spacial score (nSPS) is 10.0. The standard InChI is InChI=1S/C18H17N3O.ClH/c1-21(2)18-19-16(13-6-4-3-5-7-13)12-17(20-18)14-8-10-15(22)11-9-14;/h3-12,22H,1-2H3;1H. The number of benzene rings is 2. The van der Waals surface area contributed by atoms with Crippen LogP contribution in [0.25, 0.3) is 22.5 Å². The summed E-state index contributed by atoms with van der Waals surface area (Å²) in [4.78, 5) is 11.1. The monoisotopic (exact) mass is 327 g/mol. The Bertz CT molecular complexity index is 774. The molecule has 1 aromatic heterocycles. The van der Waals surface area contributed by atoms with Gasteiger partial charge in [-0.25, -0.2) is 9.97 Å². The fourth-order valence-electron chi connectivity index (χ4n) is 2.17. The Morgan fingerprint density at radius 2 is 1.30 bits per heavy atom. The fourth-order valence-corrected chi connectivity index (χ4v) is 2.17. The molecule has 3 rings (SSSR count). The van der Waals surface area contributed by atoms with Gasteiger partial charge in [0.05, 0.1) is 11.4 Å². The summed E-state index contributed by atoms with van der Waals surface area (Å²) >= 11 is 0. The van der Waals surface area contributed by atoms with Crippen LogP contribution in [0, 0.1) is 0 Å². The van der Waals surface area contributed by atoms with Crippen molar-refractivity contribution in [1.82, 2.24) is 9.97 Å². The lowest BCUT2D eigenvalue weighted by Crippen LogP contribution is -2.13. The summed E-state index contributed by atoms with van der Waals surface area (Å²) in [5, 5.41) is 9.44. The zero-order valence-electron chi connectivity index (χ0n) is 13.0. The average molecular weight is 328 g/mol. The van der Waals surface area contributed by atoms with E-state index >= 15 is 0 Å². The Morgan fingerprint density at radius 3 is 1.83 bits per heavy atom. The third-order valence-electron chi connectivity index (χ3n) is 3.35. The van der Waals surface area contributed by atoms with Crippen LogP contribution in [0.4, 0.5) is 5.95 Å². The minimum atomic E-state index is 0. The van der Waals surface area contributed by atoms with E-state index in [0.717, 1.165) is 22.5 Å². The van der Waals surface area contributed by atoms with E-state index in [-0.39, 0.29) is 18.2 Å². The Morgan fingerprint density at radius 1 is 0.783 bits per heavy atom. The lowest BCUT2D eigenvalue weighted by Gasteiger charge is -2.14. The van der Waals surface area contributed by atoms with Gasteiger partial charge in [0.2, 0.25) is 5.95 Å². The SMILES string of the molecule is CN(C)c1nc(-c2ccccc2)cc(-c2ccc(O)cc2)n1.Cl. The fraction of sp³-hybridized carbons (Fsp3) is 0.111. The number of rotatable bonds is 3. The van der Waals surface area contributed by atoms with Crippen molar-refractivity contribution in [2.45, 2.75) is 0 Å². The summed E-state index contributed by atoms with van der Waals surface area (Å²) in [5.41, 5.74) is 3.70. The van der Waals surface area contributed by atoms with Crippen LogP contribution in [0.3, 0.4) is 0 Å². The predicted octanol–water partition coefficient (Wildman–Crippen LogP) is 4.00. The van der Waals surface area contributed by atoms with Crippen molar-refractivity contribution in [3.63, 3.8) is 0 Å². The Kier molecular flexibility index (Phi) is 5.19. The molecule has 0 radical (unpaired) electrons. The predicted molar refractivity (Wildman–Crippen MR) is 96.1 cm³/mol. The Hall–Kier alpha value is -2.59. The summed E-state index contributed by atoms with van der Waals surface area (Å²) in [7, 11) is 3.84. The van der Waals surface area contributed by atoms with Crippen LogP contribution >= 0.6 is 12.4 Å². The molecule has 5 heteroatoms. The number of aromatic nitrogens is 2. The van der Waals surface area contributed by atoms with Gasteiger partial charge in [0.15, 0.2) is 0 Å². The first-order valence-corrected chi connectivity index (χ1v) is 7.05. The Balaban J connectivity index is 0.00000192. The second kappa shape index (κ2) is 7.11. The number of hydrogen-bond donors (Lipinski definition) is 1. The summed E-state index contributed by atoms with van der Waals surface area (Å²) in [6, 6.07) is 19.0. The molecule has 0 unspecified atom stereocenters. The van der Waals surface area contributed by atoms with Gasteiger partial charge in [-0.1, -0.05) is 30.3 Å². The number of phenols is 1. The molecule has 1 N–H and O–H groups in total. The second-order valence-electron chi connectivity index (χ2n) is 5.25. The first-order chi connectivity index (χ1) is 10.6. The molecule has 0 amide bonds. The van der Waals surface area contributed by atoms with Crippen molar-refractivity contribution in [2.75, 3.05) is 19.0 Å². The number of anilines is 1. The van der Waals surface area contributed by atoms with Gasteiger partial charge in [-0.15, -0.1) is 12.4 Å². The minimum absolute atomic E-state index is 0. The van der Waals surface area contributed by atoms with E-state index in [2.05, 4.69) is 9.97 Å². The third-order valence-corrected chi connectivity index (χ3v) is 3.35. The highest BCUT2D eigenvalue weighted by molar-refractivity contribution is 5.85. The van der Waals surface area contributed by atoms with Gasteiger partial charge in [-0.2, -0.15) is 0 Å². The van der Waals surface area contributed by atoms with Crippen LogP contribution in [0.5, 0.6) is 5.75 Å². The lowest BCUT2D eigenvalue weighted by molar-refractivity contribution is 0.475. The number of halogens is 1. The van der Waals surface area contributed by atoms with Crippen LogP contribution in [0.2, 0.25) is 0 Å². The first kappa shape index (κ1) is 16.8. The van der Waals surface area contributed by atoms with E-state index < -0.39 is 0 Å². The summed E-state index contributed by atoms with van der Waals surface area (Å²) < 4.78 is 0. The van der Waals surface area contributed by atoms with Crippen LogP contribution < -0.4 is 4.90 Å². The van der Waals surface area contributed by atoms with E-state index in [0.29, 0.717) is 5.95 Å². The molecule has 0 aliphatic heterocycles. The highest BCUT2D eigenvalue weighted by Gasteiger charge is 2.09.